The first-order valence-electron chi connectivity index (χ1n) is 10.7. The van der Waals surface area contributed by atoms with Gasteiger partial charge in [-0.05, 0) is 25.1 Å². The van der Waals surface area contributed by atoms with E-state index in [1.54, 1.807) is 24.3 Å². The SMILES string of the molecule is CC(N[P@](=O)(OC[C@H]1O[C@@H](n2ccc3c(NO)nc(N)nc32)[C@H](O)[C@@H]1O)Oc1ccccc1)C(=O)O. The van der Waals surface area contributed by atoms with Gasteiger partial charge in [-0.25, -0.2) is 4.57 Å². The summed E-state index contributed by atoms with van der Waals surface area (Å²) < 4.78 is 31.4. The largest absolute Gasteiger partial charge is 0.480 e. The van der Waals surface area contributed by atoms with Crippen LogP contribution in [-0.4, -0.2) is 72.0 Å². The molecule has 0 amide bonds. The molecule has 0 aliphatic carbocycles. The van der Waals surface area contributed by atoms with E-state index in [0.29, 0.717) is 5.39 Å². The first kappa shape index (κ1) is 25.8. The molecule has 2 aromatic heterocycles. The van der Waals surface area contributed by atoms with E-state index in [1.165, 1.54) is 29.8 Å². The number of hydrogen-bond acceptors (Lipinski definition) is 12. The van der Waals surface area contributed by atoms with Gasteiger partial charge in [0.1, 0.15) is 35.8 Å². The Morgan fingerprint density at radius 3 is 2.64 bits per heavy atom. The van der Waals surface area contributed by atoms with Crippen LogP contribution in [0.3, 0.4) is 0 Å². The van der Waals surface area contributed by atoms with Gasteiger partial charge in [-0.3, -0.25) is 20.0 Å². The molecule has 1 saturated heterocycles. The van der Waals surface area contributed by atoms with Gasteiger partial charge in [0.25, 0.3) is 0 Å². The number of aliphatic hydroxyl groups is 2. The van der Waals surface area contributed by atoms with Crippen LogP contribution in [0.5, 0.6) is 5.75 Å². The van der Waals surface area contributed by atoms with Gasteiger partial charge in [0.05, 0.1) is 12.0 Å². The highest BCUT2D eigenvalue weighted by atomic mass is 31.2. The lowest BCUT2D eigenvalue weighted by Gasteiger charge is -2.24. The molecule has 3 heterocycles. The summed E-state index contributed by atoms with van der Waals surface area (Å²) in [5.41, 5.74) is 7.80. The molecule has 1 aliphatic rings. The summed E-state index contributed by atoms with van der Waals surface area (Å²) in [5, 5.41) is 42.4. The summed E-state index contributed by atoms with van der Waals surface area (Å²) >= 11 is 0. The zero-order chi connectivity index (χ0) is 26.0. The molecule has 16 heteroatoms. The lowest BCUT2D eigenvalue weighted by atomic mass is 10.1. The number of para-hydroxylation sites is 1. The molecule has 8 N–H and O–H groups in total. The zero-order valence-electron chi connectivity index (χ0n) is 18.8. The van der Waals surface area contributed by atoms with Crippen molar-refractivity contribution in [2.45, 2.75) is 37.5 Å². The second-order valence-corrected chi connectivity index (χ2v) is 9.63. The summed E-state index contributed by atoms with van der Waals surface area (Å²) in [6, 6.07) is 8.21. The second kappa shape index (κ2) is 10.4. The number of nitrogen functional groups attached to an aromatic ring is 1. The molecule has 36 heavy (non-hydrogen) atoms. The molecule has 1 aliphatic heterocycles. The maximum atomic E-state index is 13.4. The first-order valence-corrected chi connectivity index (χ1v) is 12.2. The van der Waals surface area contributed by atoms with Crippen molar-refractivity contribution in [2.75, 3.05) is 17.8 Å². The number of carboxylic acid groups (broad SMARTS) is 1. The summed E-state index contributed by atoms with van der Waals surface area (Å²) in [6.45, 7) is 0.728. The Morgan fingerprint density at radius 1 is 1.25 bits per heavy atom. The van der Waals surface area contributed by atoms with Crippen molar-refractivity contribution in [2.24, 2.45) is 0 Å². The number of nitrogens with one attached hydrogen (secondary N) is 2. The van der Waals surface area contributed by atoms with E-state index in [9.17, 15) is 29.9 Å². The number of rotatable bonds is 10. The smallest absolute Gasteiger partial charge is 0.459 e. The number of carboxylic acids is 1. The summed E-state index contributed by atoms with van der Waals surface area (Å²) in [7, 11) is -4.27. The molecule has 1 unspecified atom stereocenters. The third kappa shape index (κ3) is 5.27. The monoisotopic (exact) mass is 524 g/mol. The number of anilines is 2. The van der Waals surface area contributed by atoms with Crippen LogP contribution < -0.4 is 20.8 Å². The maximum absolute atomic E-state index is 13.4. The second-order valence-electron chi connectivity index (χ2n) is 7.94. The van der Waals surface area contributed by atoms with E-state index in [4.69, 9.17) is 19.5 Å². The third-order valence-corrected chi connectivity index (χ3v) is 7.05. The Balaban J connectivity index is 1.53. The summed E-state index contributed by atoms with van der Waals surface area (Å²) in [4.78, 5) is 19.3. The van der Waals surface area contributed by atoms with Gasteiger partial charge in [-0.1, -0.05) is 18.2 Å². The van der Waals surface area contributed by atoms with Gasteiger partial charge in [0, 0.05) is 6.20 Å². The Morgan fingerprint density at radius 2 is 1.97 bits per heavy atom. The highest BCUT2D eigenvalue weighted by molar-refractivity contribution is 7.52. The van der Waals surface area contributed by atoms with E-state index in [1.807, 2.05) is 5.48 Å². The van der Waals surface area contributed by atoms with Crippen LogP contribution in [0, 0.1) is 0 Å². The zero-order valence-corrected chi connectivity index (χ0v) is 19.7. The fourth-order valence-electron chi connectivity index (χ4n) is 3.61. The van der Waals surface area contributed by atoms with Crippen molar-refractivity contribution in [1.82, 2.24) is 19.6 Å². The number of aliphatic hydroxyl groups excluding tert-OH is 2. The van der Waals surface area contributed by atoms with Crippen LogP contribution in [-0.2, 0) is 18.6 Å². The number of aliphatic carboxylic acids is 1. The van der Waals surface area contributed by atoms with Gasteiger partial charge in [0.15, 0.2) is 12.0 Å². The van der Waals surface area contributed by atoms with E-state index < -0.39 is 50.9 Å². The predicted octanol–water partition coefficient (Wildman–Crippen LogP) is 0.700. The van der Waals surface area contributed by atoms with Crippen LogP contribution in [0.1, 0.15) is 13.2 Å². The Hall–Kier alpha value is -3.30. The van der Waals surface area contributed by atoms with Crippen molar-refractivity contribution in [3.63, 3.8) is 0 Å². The van der Waals surface area contributed by atoms with Crippen LogP contribution >= 0.6 is 7.75 Å². The van der Waals surface area contributed by atoms with E-state index in [2.05, 4.69) is 15.1 Å². The molecule has 1 fully saturated rings. The fourth-order valence-corrected chi connectivity index (χ4v) is 5.12. The third-order valence-electron chi connectivity index (χ3n) is 5.41. The van der Waals surface area contributed by atoms with Gasteiger partial charge < -0.3 is 34.9 Å². The Kier molecular flexibility index (Phi) is 7.42. The summed E-state index contributed by atoms with van der Waals surface area (Å²) in [5.74, 6) is -1.27. The minimum absolute atomic E-state index is 0.0294. The molecular weight excluding hydrogens is 499 g/mol. The quantitative estimate of drug-likeness (QED) is 0.143. The molecule has 0 bridgehead atoms. The van der Waals surface area contributed by atoms with E-state index >= 15 is 0 Å². The molecule has 0 spiro atoms. The van der Waals surface area contributed by atoms with Crippen LogP contribution in [0.4, 0.5) is 11.8 Å². The van der Waals surface area contributed by atoms with E-state index in [-0.39, 0.29) is 23.2 Å². The average molecular weight is 524 g/mol. The van der Waals surface area contributed by atoms with Crippen LogP contribution in [0.15, 0.2) is 42.6 Å². The highest BCUT2D eigenvalue weighted by Gasteiger charge is 2.46. The highest BCUT2D eigenvalue weighted by Crippen LogP contribution is 2.46. The maximum Gasteiger partial charge on any atom is 0.459 e. The van der Waals surface area contributed by atoms with Crippen molar-refractivity contribution in [3.05, 3.63) is 42.6 Å². The molecule has 4 rings (SSSR count). The van der Waals surface area contributed by atoms with Gasteiger partial charge in [0.2, 0.25) is 5.95 Å². The lowest BCUT2D eigenvalue weighted by molar-refractivity contribution is -0.138. The average Bonchev–Trinajstić information content (AvgIpc) is 3.38. The Labute approximate surface area is 204 Å². The molecule has 0 radical (unpaired) electrons. The molecule has 15 nitrogen and oxygen atoms in total. The normalized spacial score (nSPS) is 24.3. The van der Waals surface area contributed by atoms with Crippen molar-refractivity contribution in [1.29, 1.82) is 0 Å². The number of aromatic nitrogens is 3. The van der Waals surface area contributed by atoms with Crippen LogP contribution in [0.2, 0.25) is 0 Å². The summed E-state index contributed by atoms with van der Waals surface area (Å²) in [6.07, 6.45) is -3.80. The minimum atomic E-state index is -4.27. The molecule has 6 atom stereocenters. The number of ether oxygens (including phenoxy) is 1. The van der Waals surface area contributed by atoms with Gasteiger partial charge >= 0.3 is 13.7 Å². The Bertz CT molecular complexity index is 1280. The lowest BCUT2D eigenvalue weighted by Crippen LogP contribution is -2.36. The molecule has 194 valence electrons. The molecular formula is C20H25N6O9P. The van der Waals surface area contributed by atoms with Crippen molar-refractivity contribution >= 4 is 36.5 Å². The molecule has 0 saturated carbocycles. The molecule has 1 aromatic carbocycles. The number of nitrogens with two attached hydrogens (primary N) is 1. The predicted molar refractivity (Wildman–Crippen MR) is 124 cm³/mol. The van der Waals surface area contributed by atoms with Gasteiger partial charge in [-0.2, -0.15) is 15.1 Å². The number of carbonyl (C=O) groups is 1. The number of benzene rings is 1. The number of nitrogens with zero attached hydrogens (tertiary/aromatic N) is 3. The van der Waals surface area contributed by atoms with Crippen LogP contribution in [0.25, 0.3) is 11.0 Å². The van der Waals surface area contributed by atoms with E-state index in [0.717, 1.165) is 0 Å². The van der Waals surface area contributed by atoms with Crippen molar-refractivity contribution < 1.29 is 43.7 Å². The topological polar surface area (TPSA) is 224 Å². The van der Waals surface area contributed by atoms with Crippen molar-refractivity contribution in [3.8, 4) is 5.75 Å². The standard InChI is InChI=1S/C20H25N6O9P/c1-10(19(29)30)25-36(32,35-11-5-3-2-4-6-11)33-9-13-14(27)15(28)18(34-13)26-8-7-12-16(24-31)22-20(21)23-17(12)26/h2-8,10,13-15,18,27-28,31H,9H2,1H3,(H,25,32)(H,29,30)(H3,21,22,23,24)/t10?,13-,14-,15-,18-,36+/m1/s1. The fraction of sp³-hybridized carbons (Fsp3) is 0.350. The minimum Gasteiger partial charge on any atom is -0.480 e. The number of hydrogen-bond donors (Lipinski definition) is 7. The molecule has 3 aromatic rings. The number of fused-ring (bicyclic) bond motifs is 1. The first-order chi connectivity index (χ1) is 17.1. The van der Waals surface area contributed by atoms with Gasteiger partial charge in [-0.15, -0.1) is 0 Å².